The van der Waals surface area contributed by atoms with Crippen molar-refractivity contribution in [2.24, 2.45) is 0 Å². The standard InChI is InChI=1S/C18H26FNO3.C11H20FNO3.CH4O.CH4/c1-18(2,3)23-17(21)20-11-15(19)9-10-16(12-20)22-13-14-7-5-4-6-8-14;1-11(2,3)16-10(15)13-6-8(12)4-5-9(14)7-13;1-2;/h4-8,15-16H,9-13H2,1-3H3;8-9,14H,4-7H2,1-3H3;2H,1H3;1H4. The molecule has 2 amide bonds. The predicted molar refractivity (Wildman–Crippen MR) is 160 cm³/mol. The number of carbonyl (C=O) groups excluding carboxylic acids is 2. The van der Waals surface area contributed by atoms with Crippen molar-refractivity contribution in [1.29, 1.82) is 0 Å². The van der Waals surface area contributed by atoms with E-state index in [9.17, 15) is 23.5 Å². The Morgan fingerprint density at radius 3 is 1.71 bits per heavy atom. The maximum absolute atomic E-state index is 13.9. The SMILES string of the molecule is C.CC(C)(C)OC(=O)N1CC(F)CCC(OCc2ccccc2)C1.CC(C)(C)OC(=O)N1CC(O)CCC(F)C1.CO. The Morgan fingerprint density at radius 2 is 1.24 bits per heavy atom. The Kier molecular flexibility index (Phi) is 17.8. The van der Waals surface area contributed by atoms with Crippen LogP contribution >= 0.6 is 0 Å². The van der Waals surface area contributed by atoms with Gasteiger partial charge in [0.05, 0.1) is 45.0 Å². The summed E-state index contributed by atoms with van der Waals surface area (Å²) in [4.78, 5) is 26.6. The van der Waals surface area contributed by atoms with Gasteiger partial charge in [-0.15, -0.1) is 0 Å². The number of carbonyl (C=O) groups is 2. The molecule has 0 spiro atoms. The molecule has 42 heavy (non-hydrogen) atoms. The minimum absolute atomic E-state index is 0. The predicted octanol–water partition coefficient (Wildman–Crippen LogP) is 5.90. The molecule has 2 aliphatic heterocycles. The molecular weight excluding hydrogens is 550 g/mol. The summed E-state index contributed by atoms with van der Waals surface area (Å²) in [6, 6.07) is 9.83. The van der Waals surface area contributed by atoms with E-state index in [1.165, 1.54) is 9.80 Å². The summed E-state index contributed by atoms with van der Waals surface area (Å²) in [6.45, 7) is 11.7. The lowest BCUT2D eigenvalue weighted by molar-refractivity contribution is -0.00454. The molecule has 2 fully saturated rings. The molecule has 0 saturated carbocycles. The smallest absolute Gasteiger partial charge is 0.410 e. The minimum atomic E-state index is -1.08. The monoisotopic (exact) mass is 604 g/mol. The second-order valence-corrected chi connectivity index (χ2v) is 12.2. The number of likely N-dealkylation sites (tertiary alicyclic amines) is 2. The Hall–Kier alpha value is -2.50. The van der Waals surface area contributed by atoms with Gasteiger partial charge in [-0.3, -0.25) is 0 Å². The van der Waals surface area contributed by atoms with E-state index in [0.717, 1.165) is 12.7 Å². The lowest BCUT2D eigenvalue weighted by atomic mass is 10.1. The fraction of sp³-hybridized carbons (Fsp3) is 0.742. The van der Waals surface area contributed by atoms with Crippen LogP contribution < -0.4 is 0 Å². The number of hydrogen-bond donors (Lipinski definition) is 2. The summed E-state index contributed by atoms with van der Waals surface area (Å²) in [5, 5.41) is 16.5. The highest BCUT2D eigenvalue weighted by molar-refractivity contribution is 5.68. The van der Waals surface area contributed by atoms with E-state index in [4.69, 9.17) is 19.3 Å². The molecule has 2 heterocycles. The number of rotatable bonds is 3. The molecule has 3 rings (SSSR count). The fourth-order valence-corrected chi connectivity index (χ4v) is 4.11. The molecule has 0 aromatic heterocycles. The number of benzene rings is 1. The second-order valence-electron chi connectivity index (χ2n) is 12.2. The normalized spacial score (nSPS) is 22.9. The quantitative estimate of drug-likeness (QED) is 0.442. The van der Waals surface area contributed by atoms with E-state index in [-0.39, 0.29) is 33.2 Å². The third kappa shape index (κ3) is 16.8. The van der Waals surface area contributed by atoms with Gasteiger partial charge in [0.15, 0.2) is 0 Å². The Bertz CT molecular complexity index is 882. The first-order valence-corrected chi connectivity index (χ1v) is 14.1. The summed E-state index contributed by atoms with van der Waals surface area (Å²) in [5.74, 6) is 0. The Labute approximate surface area is 251 Å². The number of ether oxygens (including phenoxy) is 3. The number of nitrogens with zero attached hydrogens (tertiary/aromatic N) is 2. The highest BCUT2D eigenvalue weighted by Crippen LogP contribution is 2.20. The molecule has 4 atom stereocenters. The molecule has 1 aromatic carbocycles. The number of aliphatic hydroxyl groups is 2. The summed E-state index contributed by atoms with van der Waals surface area (Å²) >= 11 is 0. The molecular formula is C31H54F2N2O7. The summed E-state index contributed by atoms with van der Waals surface area (Å²) in [6.07, 6.45) is -2.30. The summed E-state index contributed by atoms with van der Waals surface area (Å²) < 4.78 is 43.6. The van der Waals surface area contributed by atoms with Gasteiger partial charge in [-0.25, -0.2) is 18.4 Å². The average Bonchev–Trinajstić information content (AvgIpc) is 3.18. The van der Waals surface area contributed by atoms with Crippen LogP contribution in [0.2, 0.25) is 0 Å². The van der Waals surface area contributed by atoms with E-state index >= 15 is 0 Å². The van der Waals surface area contributed by atoms with E-state index in [1.54, 1.807) is 41.5 Å². The van der Waals surface area contributed by atoms with Gasteiger partial charge in [0.25, 0.3) is 0 Å². The van der Waals surface area contributed by atoms with Crippen LogP contribution in [-0.2, 0) is 20.8 Å². The van der Waals surface area contributed by atoms with Crippen LogP contribution in [0.1, 0.15) is 80.2 Å². The zero-order valence-corrected chi connectivity index (χ0v) is 25.6. The molecule has 2 saturated heterocycles. The molecule has 9 nitrogen and oxygen atoms in total. The van der Waals surface area contributed by atoms with Crippen molar-refractivity contribution in [1.82, 2.24) is 9.80 Å². The first kappa shape index (κ1) is 39.5. The van der Waals surface area contributed by atoms with Crippen LogP contribution in [0, 0.1) is 0 Å². The van der Waals surface area contributed by atoms with Crippen molar-refractivity contribution < 1.29 is 42.8 Å². The third-order valence-corrected chi connectivity index (χ3v) is 5.94. The van der Waals surface area contributed by atoms with Gasteiger partial charge in [0.1, 0.15) is 23.5 Å². The van der Waals surface area contributed by atoms with Gasteiger partial charge in [-0.05, 0) is 72.8 Å². The highest BCUT2D eigenvalue weighted by Gasteiger charge is 2.31. The van der Waals surface area contributed by atoms with Crippen molar-refractivity contribution >= 4 is 12.2 Å². The van der Waals surface area contributed by atoms with Crippen molar-refractivity contribution in [3.05, 3.63) is 35.9 Å². The molecule has 2 aliphatic rings. The molecule has 244 valence electrons. The molecule has 4 unspecified atom stereocenters. The van der Waals surface area contributed by atoms with Crippen LogP contribution in [0.5, 0.6) is 0 Å². The van der Waals surface area contributed by atoms with Gasteiger partial charge in [0.2, 0.25) is 0 Å². The topological polar surface area (TPSA) is 109 Å². The minimum Gasteiger partial charge on any atom is -0.444 e. The van der Waals surface area contributed by atoms with Gasteiger partial charge in [-0.1, -0.05) is 37.8 Å². The van der Waals surface area contributed by atoms with Gasteiger partial charge in [0, 0.05) is 7.11 Å². The molecule has 11 heteroatoms. The first-order valence-electron chi connectivity index (χ1n) is 14.1. The maximum atomic E-state index is 13.9. The van der Waals surface area contributed by atoms with Crippen LogP contribution in [0.4, 0.5) is 18.4 Å². The number of amides is 2. The van der Waals surface area contributed by atoms with Crippen LogP contribution in [-0.4, -0.2) is 101 Å². The van der Waals surface area contributed by atoms with Gasteiger partial charge in [-0.2, -0.15) is 0 Å². The van der Waals surface area contributed by atoms with Gasteiger partial charge < -0.3 is 34.2 Å². The maximum Gasteiger partial charge on any atom is 0.410 e. The number of β-amino-alcohol motifs (C(OH)–C–C–N with tert-alkyl or cyclic N) is 1. The van der Waals surface area contributed by atoms with Gasteiger partial charge >= 0.3 is 12.2 Å². The fourth-order valence-electron chi connectivity index (χ4n) is 4.11. The average molecular weight is 605 g/mol. The van der Waals surface area contributed by atoms with E-state index in [1.807, 2.05) is 30.3 Å². The number of hydrogen-bond acceptors (Lipinski definition) is 7. The van der Waals surface area contributed by atoms with Crippen LogP contribution in [0.15, 0.2) is 30.3 Å². The molecule has 1 aromatic rings. The number of aliphatic hydroxyl groups excluding tert-OH is 2. The largest absolute Gasteiger partial charge is 0.444 e. The van der Waals surface area contributed by atoms with Crippen molar-refractivity contribution in [3.63, 3.8) is 0 Å². The number of halogens is 2. The molecule has 0 bridgehead atoms. The lowest BCUT2D eigenvalue weighted by Gasteiger charge is -2.28. The number of alkyl halides is 2. The van der Waals surface area contributed by atoms with Crippen LogP contribution in [0.25, 0.3) is 0 Å². The first-order chi connectivity index (χ1) is 19.1. The van der Waals surface area contributed by atoms with E-state index < -0.39 is 41.8 Å². The van der Waals surface area contributed by atoms with E-state index in [0.29, 0.717) is 38.8 Å². The summed E-state index contributed by atoms with van der Waals surface area (Å²) in [5.41, 5.74) is -0.118. The molecule has 0 aliphatic carbocycles. The second kappa shape index (κ2) is 18.9. The van der Waals surface area contributed by atoms with Crippen LogP contribution in [0.3, 0.4) is 0 Å². The molecule has 2 N–H and O–H groups in total. The van der Waals surface area contributed by atoms with Crippen molar-refractivity contribution in [2.75, 3.05) is 33.3 Å². The molecule has 0 radical (unpaired) electrons. The zero-order chi connectivity index (χ0) is 31.2. The third-order valence-electron chi connectivity index (χ3n) is 5.94. The van der Waals surface area contributed by atoms with Crippen molar-refractivity contribution in [2.45, 2.75) is 117 Å². The highest BCUT2D eigenvalue weighted by atomic mass is 19.1. The Balaban J connectivity index is 0.000000780. The Morgan fingerprint density at radius 1 is 0.786 bits per heavy atom. The van der Waals surface area contributed by atoms with E-state index in [2.05, 4.69) is 0 Å². The zero-order valence-electron chi connectivity index (χ0n) is 25.6. The summed E-state index contributed by atoms with van der Waals surface area (Å²) in [7, 11) is 1.00. The van der Waals surface area contributed by atoms with Crippen molar-refractivity contribution in [3.8, 4) is 0 Å². The lowest BCUT2D eigenvalue weighted by Crippen LogP contribution is -2.42.